The number of hydrogen-bond donors (Lipinski definition) is 2. The zero-order valence-electron chi connectivity index (χ0n) is 23.7. The molecule has 0 saturated heterocycles. The van der Waals surface area contributed by atoms with Crippen molar-refractivity contribution in [2.24, 2.45) is 5.92 Å². The van der Waals surface area contributed by atoms with Crippen LogP contribution in [0.1, 0.15) is 31.9 Å². The highest BCUT2D eigenvalue weighted by Gasteiger charge is 2.63. The van der Waals surface area contributed by atoms with Crippen molar-refractivity contribution in [2.45, 2.75) is 56.1 Å². The molecule has 2 N–H and O–H groups in total. The van der Waals surface area contributed by atoms with Crippen molar-refractivity contribution in [2.75, 3.05) is 0 Å². The van der Waals surface area contributed by atoms with E-state index in [0.29, 0.717) is 5.56 Å². The molecule has 1 aliphatic heterocycles. The van der Waals surface area contributed by atoms with Gasteiger partial charge in [-0.1, -0.05) is 92.7 Å². The van der Waals surface area contributed by atoms with E-state index in [2.05, 4.69) is 0 Å². The molecular formula is C31H32F3N3O5S. The maximum absolute atomic E-state index is 14.8. The standard InChI is InChI=1S/C31H32F3N3O5S/c1-21(2)28-29(39)37(27(19-23-13-7-4-8-14-23)30(40,31(32,33)34)35-22(3)38)26(24-15-9-5-10-16-24)20-36(28)43(41,42)25-17-11-6-12-18-25/h4-18,20-21,27-28,40H,19H2,1-3H3,(H,35,38). The summed E-state index contributed by atoms with van der Waals surface area (Å²) in [5.74, 6) is -2.88. The molecule has 228 valence electrons. The van der Waals surface area contributed by atoms with Gasteiger partial charge in [0.05, 0.1) is 16.6 Å². The number of sulfonamides is 1. The number of benzene rings is 3. The molecule has 12 heteroatoms. The first-order valence-electron chi connectivity index (χ1n) is 13.5. The highest BCUT2D eigenvalue weighted by molar-refractivity contribution is 7.89. The minimum absolute atomic E-state index is 0.114. The van der Waals surface area contributed by atoms with E-state index in [1.54, 1.807) is 61.6 Å². The zero-order chi connectivity index (χ0) is 31.6. The van der Waals surface area contributed by atoms with E-state index >= 15 is 0 Å². The van der Waals surface area contributed by atoms with Gasteiger partial charge < -0.3 is 10.4 Å². The van der Waals surface area contributed by atoms with Crippen LogP contribution in [0, 0.1) is 5.92 Å². The number of carbonyl (C=O) groups is 2. The summed E-state index contributed by atoms with van der Waals surface area (Å²) in [4.78, 5) is 27.3. The molecule has 3 aromatic rings. The number of amides is 2. The minimum Gasteiger partial charge on any atom is -0.362 e. The van der Waals surface area contributed by atoms with E-state index in [1.165, 1.54) is 48.5 Å². The third-order valence-corrected chi connectivity index (χ3v) is 8.91. The molecule has 2 amide bonds. The van der Waals surface area contributed by atoms with Crippen LogP contribution in [0.4, 0.5) is 13.2 Å². The lowest BCUT2D eigenvalue weighted by Crippen LogP contribution is -2.72. The molecule has 1 aliphatic rings. The summed E-state index contributed by atoms with van der Waals surface area (Å²) in [7, 11) is -4.37. The number of carbonyl (C=O) groups excluding carboxylic acids is 2. The van der Waals surface area contributed by atoms with E-state index in [1.807, 2.05) is 0 Å². The van der Waals surface area contributed by atoms with Crippen LogP contribution >= 0.6 is 0 Å². The number of hydrogen-bond acceptors (Lipinski definition) is 5. The summed E-state index contributed by atoms with van der Waals surface area (Å²) < 4.78 is 73.2. The number of alkyl halides is 3. The largest absolute Gasteiger partial charge is 0.438 e. The van der Waals surface area contributed by atoms with Crippen molar-refractivity contribution in [1.82, 2.24) is 14.5 Å². The monoisotopic (exact) mass is 615 g/mol. The first kappa shape index (κ1) is 31.8. The fourth-order valence-electron chi connectivity index (χ4n) is 5.16. The maximum atomic E-state index is 14.8. The van der Waals surface area contributed by atoms with Crippen molar-refractivity contribution < 1.29 is 36.3 Å². The molecule has 0 saturated carbocycles. The molecule has 0 bridgehead atoms. The van der Waals surface area contributed by atoms with Crippen molar-refractivity contribution in [3.05, 3.63) is 108 Å². The van der Waals surface area contributed by atoms with Gasteiger partial charge in [0.15, 0.2) is 0 Å². The van der Waals surface area contributed by atoms with Crippen LogP contribution < -0.4 is 5.32 Å². The topological polar surface area (TPSA) is 107 Å². The normalized spacial score (nSPS) is 18.2. The smallest absolute Gasteiger partial charge is 0.362 e. The van der Waals surface area contributed by atoms with Gasteiger partial charge in [-0.25, -0.2) is 8.42 Å². The van der Waals surface area contributed by atoms with Gasteiger partial charge in [0.2, 0.25) is 5.91 Å². The Morgan fingerprint density at radius 2 is 1.44 bits per heavy atom. The molecule has 3 aromatic carbocycles. The second-order valence-corrected chi connectivity index (χ2v) is 12.4. The number of rotatable bonds is 9. The Balaban J connectivity index is 2.05. The van der Waals surface area contributed by atoms with Gasteiger partial charge in [-0.2, -0.15) is 13.2 Å². The van der Waals surface area contributed by atoms with Crippen LogP contribution in [-0.2, 0) is 26.0 Å². The molecule has 0 aromatic heterocycles. The highest BCUT2D eigenvalue weighted by Crippen LogP contribution is 2.42. The van der Waals surface area contributed by atoms with Crippen LogP contribution in [0.2, 0.25) is 0 Å². The van der Waals surface area contributed by atoms with E-state index < -0.39 is 58.2 Å². The number of nitrogens with zero attached hydrogens (tertiary/aromatic N) is 2. The summed E-state index contributed by atoms with van der Waals surface area (Å²) in [6.45, 7) is 3.98. The van der Waals surface area contributed by atoms with Gasteiger partial charge in [0.1, 0.15) is 6.04 Å². The summed E-state index contributed by atoms with van der Waals surface area (Å²) in [6, 6.07) is 19.5. The fraction of sp³-hybridized carbons (Fsp3) is 0.290. The van der Waals surface area contributed by atoms with Gasteiger partial charge >= 0.3 is 6.18 Å². The predicted octanol–water partition coefficient (Wildman–Crippen LogP) is 4.54. The van der Waals surface area contributed by atoms with E-state index in [4.69, 9.17) is 0 Å². The van der Waals surface area contributed by atoms with E-state index in [0.717, 1.165) is 22.3 Å². The lowest BCUT2D eigenvalue weighted by Gasteiger charge is -2.49. The lowest BCUT2D eigenvalue weighted by molar-refractivity contribution is -0.287. The average Bonchev–Trinajstić information content (AvgIpc) is 2.96. The van der Waals surface area contributed by atoms with Gasteiger partial charge in [-0.3, -0.25) is 18.8 Å². The van der Waals surface area contributed by atoms with Crippen LogP contribution in [0.25, 0.3) is 5.70 Å². The average molecular weight is 616 g/mol. The summed E-state index contributed by atoms with van der Waals surface area (Å²) in [5, 5.41) is 13.0. The van der Waals surface area contributed by atoms with Gasteiger partial charge in [-0.05, 0) is 35.6 Å². The molecule has 43 heavy (non-hydrogen) atoms. The predicted molar refractivity (Wildman–Crippen MR) is 154 cm³/mol. The Bertz CT molecular complexity index is 1580. The molecule has 0 radical (unpaired) electrons. The molecule has 0 aliphatic carbocycles. The molecular weight excluding hydrogens is 583 g/mol. The highest BCUT2D eigenvalue weighted by atomic mass is 32.2. The molecule has 1 heterocycles. The van der Waals surface area contributed by atoms with Crippen LogP contribution in [0.5, 0.6) is 0 Å². The third kappa shape index (κ3) is 6.30. The maximum Gasteiger partial charge on any atom is 0.438 e. The summed E-state index contributed by atoms with van der Waals surface area (Å²) in [5.41, 5.74) is -3.56. The Hall–Kier alpha value is -4.16. The SMILES string of the molecule is CC(=O)NC(O)(C(Cc1ccccc1)N1C(=O)C(C(C)C)N(S(=O)(=O)c2ccccc2)C=C1c1ccccc1)C(F)(F)F. The Morgan fingerprint density at radius 1 is 0.930 bits per heavy atom. The molecule has 3 atom stereocenters. The lowest BCUT2D eigenvalue weighted by atomic mass is 9.89. The third-order valence-electron chi connectivity index (χ3n) is 7.16. The molecule has 3 unspecified atom stereocenters. The van der Waals surface area contributed by atoms with Gasteiger partial charge in [-0.15, -0.1) is 0 Å². The second-order valence-electron chi connectivity index (χ2n) is 10.6. The number of nitrogens with one attached hydrogen (secondary N) is 1. The van der Waals surface area contributed by atoms with Crippen molar-refractivity contribution >= 4 is 27.5 Å². The number of aliphatic hydroxyl groups is 1. The quantitative estimate of drug-likeness (QED) is 0.344. The fourth-order valence-corrected chi connectivity index (χ4v) is 6.78. The van der Waals surface area contributed by atoms with Crippen molar-refractivity contribution in [3.8, 4) is 0 Å². The van der Waals surface area contributed by atoms with Crippen molar-refractivity contribution in [3.63, 3.8) is 0 Å². The molecule has 0 fully saturated rings. The Kier molecular flexibility index (Phi) is 9.02. The first-order chi connectivity index (χ1) is 20.2. The first-order valence-corrected chi connectivity index (χ1v) is 14.9. The summed E-state index contributed by atoms with van der Waals surface area (Å²) in [6.07, 6.45) is -4.85. The molecule has 4 rings (SSSR count). The zero-order valence-corrected chi connectivity index (χ0v) is 24.5. The summed E-state index contributed by atoms with van der Waals surface area (Å²) >= 11 is 0. The number of halogens is 3. The molecule has 0 spiro atoms. The second kappa shape index (κ2) is 12.2. The van der Waals surface area contributed by atoms with Crippen LogP contribution in [0.3, 0.4) is 0 Å². The van der Waals surface area contributed by atoms with Crippen LogP contribution in [0.15, 0.2) is 102 Å². The Morgan fingerprint density at radius 3 is 1.93 bits per heavy atom. The van der Waals surface area contributed by atoms with Gasteiger partial charge in [0.25, 0.3) is 21.7 Å². The Labute approximate surface area is 248 Å². The van der Waals surface area contributed by atoms with Gasteiger partial charge in [0, 0.05) is 13.1 Å². The minimum atomic E-state index is -5.44. The van der Waals surface area contributed by atoms with Crippen LogP contribution in [-0.4, -0.2) is 58.5 Å². The van der Waals surface area contributed by atoms with E-state index in [-0.39, 0.29) is 16.2 Å². The molecule has 8 nitrogen and oxygen atoms in total. The van der Waals surface area contributed by atoms with E-state index in [9.17, 15) is 36.3 Å². The van der Waals surface area contributed by atoms with Crippen molar-refractivity contribution in [1.29, 1.82) is 0 Å².